The summed E-state index contributed by atoms with van der Waals surface area (Å²) < 4.78 is 10.6. The van der Waals surface area contributed by atoms with E-state index in [2.05, 4.69) is 36.4 Å². The first-order chi connectivity index (χ1) is 9.24. The summed E-state index contributed by atoms with van der Waals surface area (Å²) >= 11 is 0. The van der Waals surface area contributed by atoms with Crippen LogP contribution >= 0.6 is 0 Å². The van der Waals surface area contributed by atoms with Gasteiger partial charge in [-0.2, -0.15) is 0 Å². The predicted octanol–water partition coefficient (Wildman–Crippen LogP) is 1.78. The Kier molecular flexibility index (Phi) is 13.0. The van der Waals surface area contributed by atoms with Gasteiger partial charge in [0.25, 0.3) is 0 Å². The number of nitrogens with one attached hydrogen (secondary N) is 2. The van der Waals surface area contributed by atoms with Crippen LogP contribution in [-0.4, -0.2) is 52.0 Å². The molecule has 1 atom stereocenters. The smallest absolute Gasteiger partial charge is 0.191 e. The number of ether oxygens (including phenoxy) is 2. The maximum Gasteiger partial charge on any atom is 0.191 e. The Balaban J connectivity index is 3.79. The Bertz CT molecular complexity index is 223. The van der Waals surface area contributed by atoms with Gasteiger partial charge in [0.15, 0.2) is 5.96 Å². The molecule has 19 heavy (non-hydrogen) atoms. The molecule has 0 aromatic carbocycles. The molecule has 5 heteroatoms. The molecule has 0 saturated heterocycles. The molecule has 0 radical (unpaired) electrons. The Labute approximate surface area is 118 Å². The second-order valence-electron chi connectivity index (χ2n) is 4.58. The average Bonchev–Trinajstić information content (AvgIpc) is 2.38. The van der Waals surface area contributed by atoms with Gasteiger partial charge in [-0.05, 0) is 26.7 Å². The lowest BCUT2D eigenvalue weighted by atomic mass is 10.3. The molecule has 1 unspecified atom stereocenters. The van der Waals surface area contributed by atoms with Crippen LogP contribution in [-0.2, 0) is 9.47 Å². The molecule has 5 nitrogen and oxygen atoms in total. The molecule has 0 spiro atoms. The van der Waals surface area contributed by atoms with Crippen LogP contribution in [0.5, 0.6) is 0 Å². The van der Waals surface area contributed by atoms with Gasteiger partial charge in [-0.15, -0.1) is 0 Å². The summed E-state index contributed by atoms with van der Waals surface area (Å²) in [5, 5.41) is 6.53. The van der Waals surface area contributed by atoms with Crippen molar-refractivity contribution >= 4 is 5.96 Å². The number of aliphatic imine (C=N–C) groups is 1. The fraction of sp³-hybridized carbons (Fsp3) is 0.929. The lowest BCUT2D eigenvalue weighted by Gasteiger charge is -2.16. The molecule has 0 saturated carbocycles. The van der Waals surface area contributed by atoms with Gasteiger partial charge in [0.05, 0.1) is 6.61 Å². The van der Waals surface area contributed by atoms with Crippen molar-refractivity contribution in [3.05, 3.63) is 0 Å². The van der Waals surface area contributed by atoms with E-state index >= 15 is 0 Å². The number of unbranched alkanes of at least 4 members (excludes halogenated alkanes) is 1. The zero-order valence-corrected chi connectivity index (χ0v) is 13.0. The molecular formula is C14H31N3O2. The van der Waals surface area contributed by atoms with Crippen LogP contribution in [0.25, 0.3) is 0 Å². The molecule has 0 aromatic heterocycles. The molecule has 0 fully saturated rings. The molecule has 0 bridgehead atoms. The van der Waals surface area contributed by atoms with Crippen LogP contribution in [0.1, 0.15) is 40.0 Å². The highest BCUT2D eigenvalue weighted by Gasteiger charge is 2.03. The minimum atomic E-state index is 0.253. The number of hydrogen-bond acceptors (Lipinski definition) is 3. The summed E-state index contributed by atoms with van der Waals surface area (Å²) in [5.74, 6) is 0.848. The Morgan fingerprint density at radius 2 is 1.95 bits per heavy atom. The zero-order valence-electron chi connectivity index (χ0n) is 13.0. The average molecular weight is 273 g/mol. The van der Waals surface area contributed by atoms with Gasteiger partial charge in [0, 0.05) is 39.5 Å². The van der Waals surface area contributed by atoms with Crippen molar-refractivity contribution in [3.63, 3.8) is 0 Å². The van der Waals surface area contributed by atoms with Crippen molar-refractivity contribution in [1.29, 1.82) is 0 Å². The molecule has 2 N–H and O–H groups in total. The van der Waals surface area contributed by atoms with Crippen LogP contribution in [0.4, 0.5) is 0 Å². The van der Waals surface area contributed by atoms with Crippen molar-refractivity contribution in [2.45, 2.75) is 46.1 Å². The maximum atomic E-state index is 5.51. The molecule has 0 heterocycles. The summed E-state index contributed by atoms with van der Waals surface area (Å²) in [7, 11) is 1.70. The second-order valence-corrected chi connectivity index (χ2v) is 4.58. The first kappa shape index (κ1) is 18.2. The minimum absolute atomic E-state index is 0.253. The van der Waals surface area contributed by atoms with Gasteiger partial charge >= 0.3 is 0 Å². The summed E-state index contributed by atoms with van der Waals surface area (Å²) in [6, 6.07) is 0.253. The normalized spacial score (nSPS) is 13.4. The highest BCUT2D eigenvalue weighted by atomic mass is 16.5. The van der Waals surface area contributed by atoms with Crippen molar-refractivity contribution in [3.8, 4) is 0 Å². The standard InChI is InChI=1S/C14H31N3O2/c1-5-7-10-19-11-8-9-16-14(15-6-2)17-13(3)12-18-4/h13H,5-12H2,1-4H3,(H2,15,16,17). The van der Waals surface area contributed by atoms with Gasteiger partial charge in [0.1, 0.15) is 0 Å². The van der Waals surface area contributed by atoms with E-state index in [9.17, 15) is 0 Å². The topological polar surface area (TPSA) is 54.9 Å². The van der Waals surface area contributed by atoms with Crippen molar-refractivity contribution < 1.29 is 9.47 Å². The third-order valence-corrected chi connectivity index (χ3v) is 2.50. The zero-order chi connectivity index (χ0) is 14.3. The first-order valence-electron chi connectivity index (χ1n) is 7.36. The van der Waals surface area contributed by atoms with E-state index in [1.54, 1.807) is 7.11 Å². The van der Waals surface area contributed by atoms with E-state index in [-0.39, 0.29) is 6.04 Å². The second kappa shape index (κ2) is 13.6. The van der Waals surface area contributed by atoms with E-state index in [4.69, 9.17) is 9.47 Å². The van der Waals surface area contributed by atoms with Crippen LogP contribution < -0.4 is 10.6 Å². The summed E-state index contributed by atoms with van der Waals surface area (Å²) in [4.78, 5) is 4.51. The molecule has 0 aliphatic carbocycles. The molecule has 0 aromatic rings. The van der Waals surface area contributed by atoms with Crippen molar-refractivity contribution in [1.82, 2.24) is 10.6 Å². The van der Waals surface area contributed by atoms with E-state index in [1.807, 2.05) is 0 Å². The molecule has 0 rings (SSSR count). The third kappa shape index (κ3) is 12.0. The maximum absolute atomic E-state index is 5.51. The summed E-state index contributed by atoms with van der Waals surface area (Å²) in [6.45, 7) is 10.3. The van der Waals surface area contributed by atoms with Crippen molar-refractivity contribution in [2.75, 3.05) is 40.0 Å². The Hall–Kier alpha value is -0.810. The number of methoxy groups -OCH3 is 1. The molecule has 0 amide bonds. The fourth-order valence-corrected chi connectivity index (χ4v) is 1.55. The van der Waals surface area contributed by atoms with Crippen LogP contribution in [0.2, 0.25) is 0 Å². The molecule has 114 valence electrons. The fourth-order valence-electron chi connectivity index (χ4n) is 1.55. The largest absolute Gasteiger partial charge is 0.383 e. The molecule has 0 aliphatic rings. The van der Waals surface area contributed by atoms with Crippen molar-refractivity contribution in [2.24, 2.45) is 4.99 Å². The highest BCUT2D eigenvalue weighted by Crippen LogP contribution is 1.91. The Morgan fingerprint density at radius 1 is 1.21 bits per heavy atom. The van der Waals surface area contributed by atoms with Gasteiger partial charge in [-0.25, -0.2) is 0 Å². The van der Waals surface area contributed by atoms with Gasteiger partial charge in [-0.3, -0.25) is 4.99 Å². The summed E-state index contributed by atoms with van der Waals surface area (Å²) in [5.41, 5.74) is 0. The van der Waals surface area contributed by atoms with E-state index in [0.717, 1.165) is 45.1 Å². The number of rotatable bonds is 11. The number of guanidine groups is 1. The monoisotopic (exact) mass is 273 g/mol. The molecular weight excluding hydrogens is 242 g/mol. The van der Waals surface area contributed by atoms with Crippen LogP contribution in [0, 0.1) is 0 Å². The third-order valence-electron chi connectivity index (χ3n) is 2.50. The van der Waals surface area contributed by atoms with Gasteiger partial charge in [0.2, 0.25) is 0 Å². The van der Waals surface area contributed by atoms with E-state index in [1.165, 1.54) is 6.42 Å². The van der Waals surface area contributed by atoms with Crippen LogP contribution in [0.15, 0.2) is 4.99 Å². The van der Waals surface area contributed by atoms with E-state index in [0.29, 0.717) is 6.61 Å². The lowest BCUT2D eigenvalue weighted by Crippen LogP contribution is -2.44. The number of nitrogens with zero attached hydrogens (tertiary/aromatic N) is 1. The Morgan fingerprint density at radius 3 is 2.58 bits per heavy atom. The molecule has 0 aliphatic heterocycles. The predicted molar refractivity (Wildman–Crippen MR) is 80.8 cm³/mol. The SMILES string of the molecule is CCCCOCCCN=C(NCC)NC(C)COC. The first-order valence-corrected chi connectivity index (χ1v) is 7.36. The van der Waals surface area contributed by atoms with Crippen LogP contribution in [0.3, 0.4) is 0 Å². The van der Waals surface area contributed by atoms with Gasteiger partial charge in [-0.1, -0.05) is 13.3 Å². The number of hydrogen-bond donors (Lipinski definition) is 2. The minimum Gasteiger partial charge on any atom is -0.383 e. The van der Waals surface area contributed by atoms with Gasteiger partial charge < -0.3 is 20.1 Å². The highest BCUT2D eigenvalue weighted by molar-refractivity contribution is 5.80. The quantitative estimate of drug-likeness (QED) is 0.342. The summed E-state index contributed by atoms with van der Waals surface area (Å²) in [6.07, 6.45) is 3.28. The van der Waals surface area contributed by atoms with E-state index < -0.39 is 0 Å². The lowest BCUT2D eigenvalue weighted by molar-refractivity contribution is 0.130.